The SMILES string of the molecule is CC(=O)[C@H]1CC[C@H]2[C@@H]3CCC4=CC(=O)CC(OC(=O)C(F)(F)F)[C@]4(C)[C@H]3CC[C@]12C. The molecule has 0 aliphatic heterocycles. The van der Waals surface area contributed by atoms with Crippen LogP contribution in [0.4, 0.5) is 13.2 Å². The van der Waals surface area contributed by atoms with Crippen molar-refractivity contribution in [3.63, 3.8) is 0 Å². The molecule has 0 saturated heterocycles. The summed E-state index contributed by atoms with van der Waals surface area (Å²) in [5.74, 6) is -1.60. The minimum atomic E-state index is -5.08. The van der Waals surface area contributed by atoms with Crippen LogP contribution in [0.1, 0.15) is 65.7 Å². The van der Waals surface area contributed by atoms with Crippen molar-refractivity contribution in [3.8, 4) is 0 Å². The summed E-state index contributed by atoms with van der Waals surface area (Å²) in [6, 6.07) is 0. The zero-order chi connectivity index (χ0) is 22.1. The lowest BCUT2D eigenvalue weighted by Gasteiger charge is -2.59. The van der Waals surface area contributed by atoms with Crippen LogP contribution < -0.4 is 0 Å². The lowest BCUT2D eigenvalue weighted by atomic mass is 9.46. The number of carbonyl (C=O) groups excluding carboxylic acids is 3. The van der Waals surface area contributed by atoms with E-state index in [1.165, 1.54) is 0 Å². The number of ether oxygens (including phenoxy) is 1. The molecule has 4 aliphatic carbocycles. The second kappa shape index (κ2) is 6.92. The second-order valence-electron chi connectivity index (χ2n) is 10.2. The summed E-state index contributed by atoms with van der Waals surface area (Å²) in [7, 11) is 0. The summed E-state index contributed by atoms with van der Waals surface area (Å²) in [4.78, 5) is 36.1. The lowest BCUT2D eigenvalue weighted by molar-refractivity contribution is -0.214. The first-order chi connectivity index (χ1) is 13.9. The van der Waals surface area contributed by atoms with Gasteiger partial charge in [-0.15, -0.1) is 0 Å². The number of alkyl halides is 3. The molecule has 0 spiro atoms. The molecule has 7 atom stereocenters. The van der Waals surface area contributed by atoms with E-state index in [4.69, 9.17) is 4.74 Å². The van der Waals surface area contributed by atoms with Crippen LogP contribution in [0, 0.1) is 34.5 Å². The van der Waals surface area contributed by atoms with E-state index in [9.17, 15) is 27.6 Å². The van der Waals surface area contributed by atoms with Gasteiger partial charge < -0.3 is 4.74 Å². The minimum Gasteiger partial charge on any atom is -0.454 e. The summed E-state index contributed by atoms with van der Waals surface area (Å²) in [6.45, 7) is 5.75. The summed E-state index contributed by atoms with van der Waals surface area (Å²) < 4.78 is 43.7. The van der Waals surface area contributed by atoms with Crippen molar-refractivity contribution >= 4 is 17.5 Å². The maximum Gasteiger partial charge on any atom is 0.490 e. The first-order valence-corrected chi connectivity index (χ1v) is 10.9. The Hall–Kier alpha value is -1.66. The number of halogens is 3. The van der Waals surface area contributed by atoms with Gasteiger partial charge in [0.05, 0.1) is 0 Å². The second-order valence-corrected chi connectivity index (χ2v) is 10.2. The lowest BCUT2D eigenvalue weighted by Crippen LogP contribution is -2.56. The largest absolute Gasteiger partial charge is 0.490 e. The molecule has 4 rings (SSSR count). The molecule has 7 heteroatoms. The highest BCUT2D eigenvalue weighted by molar-refractivity contribution is 5.92. The van der Waals surface area contributed by atoms with Crippen molar-refractivity contribution in [1.29, 1.82) is 0 Å². The topological polar surface area (TPSA) is 60.4 Å². The van der Waals surface area contributed by atoms with Gasteiger partial charge in [-0.2, -0.15) is 13.2 Å². The molecule has 0 amide bonds. The first kappa shape index (κ1) is 21.6. The highest BCUT2D eigenvalue weighted by Gasteiger charge is 2.62. The molecule has 3 fully saturated rings. The molecule has 30 heavy (non-hydrogen) atoms. The molecule has 0 aromatic rings. The zero-order valence-corrected chi connectivity index (χ0v) is 17.7. The summed E-state index contributed by atoms with van der Waals surface area (Å²) >= 11 is 0. The Morgan fingerprint density at radius 2 is 1.80 bits per heavy atom. The number of fused-ring (bicyclic) bond motifs is 5. The average Bonchev–Trinajstić information content (AvgIpc) is 2.99. The van der Waals surface area contributed by atoms with Crippen LogP contribution in [0.25, 0.3) is 0 Å². The summed E-state index contributed by atoms with van der Waals surface area (Å²) in [6.07, 6.45) is 0.0980. The van der Waals surface area contributed by atoms with E-state index in [2.05, 4.69) is 6.92 Å². The number of hydrogen-bond donors (Lipinski definition) is 0. The van der Waals surface area contributed by atoms with E-state index in [-0.39, 0.29) is 41.2 Å². The third-order valence-corrected chi connectivity index (χ3v) is 9.01. The van der Waals surface area contributed by atoms with E-state index in [1.54, 1.807) is 13.0 Å². The Kier molecular flexibility index (Phi) is 4.98. The number of esters is 1. The fraction of sp³-hybridized carbons (Fsp3) is 0.783. The van der Waals surface area contributed by atoms with Gasteiger partial charge >= 0.3 is 12.1 Å². The number of rotatable bonds is 2. The molecule has 4 nitrogen and oxygen atoms in total. The quantitative estimate of drug-likeness (QED) is 0.595. The number of ketones is 2. The maximum atomic E-state index is 12.9. The standard InChI is InChI=1S/C23H29F3O4/c1-12(27)16-6-7-17-15-5-4-13-10-14(28)11-19(30-20(29)23(24,25)26)22(13,3)18(15)8-9-21(16,17)2/h10,15-19H,4-9,11H2,1-3H3/t15-,16+,17-,18-,19?,21+,22-/m0/s1. The van der Waals surface area contributed by atoms with Crippen LogP contribution in [0.15, 0.2) is 11.6 Å². The van der Waals surface area contributed by atoms with Gasteiger partial charge in [0.2, 0.25) is 0 Å². The summed E-state index contributed by atoms with van der Waals surface area (Å²) in [5, 5.41) is 0. The molecule has 0 heterocycles. The van der Waals surface area contributed by atoms with Crippen molar-refractivity contribution in [2.75, 3.05) is 0 Å². The van der Waals surface area contributed by atoms with Gasteiger partial charge in [0.15, 0.2) is 5.78 Å². The van der Waals surface area contributed by atoms with Gasteiger partial charge in [0, 0.05) is 17.8 Å². The van der Waals surface area contributed by atoms with Crippen molar-refractivity contribution in [3.05, 3.63) is 11.6 Å². The van der Waals surface area contributed by atoms with Crippen LogP contribution >= 0.6 is 0 Å². The van der Waals surface area contributed by atoms with Crippen LogP contribution in [-0.4, -0.2) is 29.8 Å². The van der Waals surface area contributed by atoms with E-state index in [1.807, 2.05) is 6.92 Å². The van der Waals surface area contributed by atoms with Crippen molar-refractivity contribution in [1.82, 2.24) is 0 Å². The van der Waals surface area contributed by atoms with Crippen molar-refractivity contribution in [2.24, 2.45) is 34.5 Å². The molecule has 166 valence electrons. The molecule has 0 radical (unpaired) electrons. The van der Waals surface area contributed by atoms with Crippen LogP contribution in [0.5, 0.6) is 0 Å². The Bertz CT molecular complexity index is 816. The van der Waals surface area contributed by atoms with Crippen molar-refractivity contribution in [2.45, 2.75) is 78.0 Å². The number of carbonyl (C=O) groups is 3. The van der Waals surface area contributed by atoms with E-state index in [0.717, 1.165) is 37.7 Å². The molecule has 0 N–H and O–H groups in total. The molecular weight excluding hydrogens is 397 g/mol. The maximum absolute atomic E-state index is 12.9. The highest BCUT2D eigenvalue weighted by Crippen LogP contribution is 2.67. The van der Waals surface area contributed by atoms with Gasteiger partial charge in [-0.25, -0.2) is 4.79 Å². The predicted octanol–water partition coefficient (Wildman–Crippen LogP) is 4.81. The average molecular weight is 426 g/mol. The minimum absolute atomic E-state index is 0.0417. The predicted molar refractivity (Wildman–Crippen MR) is 102 cm³/mol. The monoisotopic (exact) mass is 426 g/mol. The zero-order valence-electron chi connectivity index (χ0n) is 17.7. The van der Waals surface area contributed by atoms with Gasteiger partial charge in [0.1, 0.15) is 11.9 Å². The smallest absolute Gasteiger partial charge is 0.454 e. The highest BCUT2D eigenvalue weighted by atomic mass is 19.4. The summed E-state index contributed by atoms with van der Waals surface area (Å²) in [5.41, 5.74) is -0.0229. The molecule has 1 unspecified atom stereocenters. The first-order valence-electron chi connectivity index (χ1n) is 10.9. The Morgan fingerprint density at radius 1 is 1.10 bits per heavy atom. The van der Waals surface area contributed by atoms with E-state index >= 15 is 0 Å². The normalized spacial score (nSPS) is 43.2. The fourth-order valence-electron chi connectivity index (χ4n) is 7.61. The van der Waals surface area contributed by atoms with Crippen LogP contribution in [0.3, 0.4) is 0 Å². The third-order valence-electron chi connectivity index (χ3n) is 9.01. The van der Waals surface area contributed by atoms with Gasteiger partial charge in [-0.05, 0) is 74.7 Å². The molecular formula is C23H29F3O4. The van der Waals surface area contributed by atoms with Crippen LogP contribution in [-0.2, 0) is 19.1 Å². The van der Waals surface area contributed by atoms with Gasteiger partial charge in [-0.3, -0.25) is 9.59 Å². The molecule has 3 saturated carbocycles. The Morgan fingerprint density at radius 3 is 2.43 bits per heavy atom. The molecule has 0 aromatic carbocycles. The van der Waals surface area contributed by atoms with E-state index < -0.39 is 23.7 Å². The molecule has 0 aromatic heterocycles. The Balaban J connectivity index is 1.68. The van der Waals surface area contributed by atoms with Gasteiger partial charge in [0.25, 0.3) is 0 Å². The molecule has 0 bridgehead atoms. The Labute approximate surface area is 174 Å². The third kappa shape index (κ3) is 3.06. The number of hydrogen-bond acceptors (Lipinski definition) is 4. The fourth-order valence-corrected chi connectivity index (χ4v) is 7.61. The number of Topliss-reactive ketones (excluding diaryl/α,β-unsaturated/α-hetero) is 1. The van der Waals surface area contributed by atoms with Gasteiger partial charge in [-0.1, -0.05) is 19.4 Å². The van der Waals surface area contributed by atoms with Crippen molar-refractivity contribution < 1.29 is 32.3 Å². The van der Waals surface area contributed by atoms with Crippen LogP contribution in [0.2, 0.25) is 0 Å². The molecule has 4 aliphatic rings. The van der Waals surface area contributed by atoms with E-state index in [0.29, 0.717) is 12.3 Å².